The third-order valence-corrected chi connectivity index (χ3v) is 4.04. The van der Waals surface area contributed by atoms with E-state index in [4.69, 9.17) is 23.2 Å². The molecule has 0 fully saturated rings. The molecule has 1 amide bonds. The number of rotatable bonds is 2. The number of benzene rings is 1. The smallest absolute Gasteiger partial charge is 0.302 e. The minimum Gasteiger partial charge on any atom is -0.302 e. The van der Waals surface area contributed by atoms with E-state index in [1.807, 2.05) is 0 Å². The molecule has 5 nitrogen and oxygen atoms in total. The molecule has 3 aromatic rings. The van der Waals surface area contributed by atoms with Crippen molar-refractivity contribution in [3.8, 4) is 11.1 Å². The van der Waals surface area contributed by atoms with Gasteiger partial charge >= 0.3 is 12.1 Å². The van der Waals surface area contributed by atoms with Gasteiger partial charge in [0.1, 0.15) is 11.6 Å². The van der Waals surface area contributed by atoms with Crippen LogP contribution in [-0.2, 0) is 4.79 Å². The van der Waals surface area contributed by atoms with Crippen molar-refractivity contribution < 1.29 is 18.0 Å². The summed E-state index contributed by atoms with van der Waals surface area (Å²) in [6.45, 7) is 1.61. The van der Waals surface area contributed by atoms with Crippen LogP contribution in [0.5, 0.6) is 0 Å². The van der Waals surface area contributed by atoms with Gasteiger partial charge in [0.25, 0.3) is 0 Å². The summed E-state index contributed by atoms with van der Waals surface area (Å²) >= 11 is 12.3. The Hall–Kier alpha value is -2.45. The highest BCUT2D eigenvalue weighted by Crippen LogP contribution is 2.39. The van der Waals surface area contributed by atoms with Crippen LogP contribution in [0.1, 0.15) is 5.82 Å². The van der Waals surface area contributed by atoms with Gasteiger partial charge in [-0.1, -0.05) is 29.3 Å². The van der Waals surface area contributed by atoms with Gasteiger partial charge < -0.3 is 5.32 Å². The Morgan fingerprint density at radius 1 is 1.15 bits per heavy atom. The van der Waals surface area contributed by atoms with Crippen molar-refractivity contribution in [3.63, 3.8) is 0 Å². The second-order valence-corrected chi connectivity index (χ2v) is 6.08. The van der Waals surface area contributed by atoms with Crippen LogP contribution in [0.4, 0.5) is 19.0 Å². The molecule has 2 aromatic heterocycles. The first-order valence-electron chi connectivity index (χ1n) is 7.14. The number of amides is 1. The third-order valence-electron chi connectivity index (χ3n) is 3.41. The molecule has 0 saturated heterocycles. The molecule has 0 aliphatic heterocycles. The van der Waals surface area contributed by atoms with Gasteiger partial charge in [-0.2, -0.15) is 13.2 Å². The molecular formula is C16H9Cl2F3N4O. The molecule has 1 aromatic carbocycles. The largest absolute Gasteiger partial charge is 0.471 e. The van der Waals surface area contributed by atoms with Crippen LogP contribution in [-0.4, -0.2) is 27.0 Å². The topological polar surface area (TPSA) is 67.8 Å². The first-order valence-corrected chi connectivity index (χ1v) is 7.89. The molecule has 0 atom stereocenters. The monoisotopic (exact) mass is 400 g/mol. The highest BCUT2D eigenvalue weighted by Gasteiger charge is 2.39. The van der Waals surface area contributed by atoms with Crippen molar-refractivity contribution in [2.75, 3.05) is 5.32 Å². The summed E-state index contributed by atoms with van der Waals surface area (Å²) in [7, 11) is 0. The van der Waals surface area contributed by atoms with Crippen molar-refractivity contribution in [3.05, 3.63) is 46.3 Å². The lowest BCUT2D eigenvalue weighted by molar-refractivity contribution is -0.167. The van der Waals surface area contributed by atoms with Gasteiger partial charge in [0.05, 0.1) is 10.0 Å². The lowest BCUT2D eigenvalue weighted by atomic mass is 10.0. The average Bonchev–Trinajstić information content (AvgIpc) is 2.54. The molecule has 26 heavy (non-hydrogen) atoms. The van der Waals surface area contributed by atoms with E-state index >= 15 is 0 Å². The number of nitrogens with zero attached hydrogens (tertiary/aromatic N) is 3. The molecule has 0 aliphatic rings. The van der Waals surface area contributed by atoms with Gasteiger partial charge in [-0.3, -0.25) is 4.79 Å². The Balaban J connectivity index is 2.27. The number of hydrogen-bond donors (Lipinski definition) is 1. The molecule has 0 saturated carbocycles. The maximum absolute atomic E-state index is 12.7. The number of hydrogen-bond acceptors (Lipinski definition) is 4. The highest BCUT2D eigenvalue weighted by molar-refractivity contribution is 6.39. The van der Waals surface area contributed by atoms with Gasteiger partial charge in [-0.25, -0.2) is 15.0 Å². The van der Waals surface area contributed by atoms with E-state index in [1.165, 1.54) is 24.4 Å². The minimum absolute atomic E-state index is 0.123. The summed E-state index contributed by atoms with van der Waals surface area (Å²) < 4.78 is 38.1. The summed E-state index contributed by atoms with van der Waals surface area (Å²) in [6, 6.07) is 6.10. The van der Waals surface area contributed by atoms with Gasteiger partial charge in [0.2, 0.25) is 0 Å². The molecule has 0 bridgehead atoms. The lowest BCUT2D eigenvalue weighted by Gasteiger charge is -2.15. The van der Waals surface area contributed by atoms with Crippen LogP contribution < -0.4 is 5.32 Å². The zero-order valence-electron chi connectivity index (χ0n) is 13.0. The standard InChI is InChI=1S/C16H9Cl2F3N4O/c1-7-22-6-8-5-9(12-10(17)3-2-4-11(12)18)14(24-13(8)23-7)25-15(26)16(19,20)21/h2-6H,1H3,(H,22,23,24,25,26). The second kappa shape index (κ2) is 6.69. The summed E-state index contributed by atoms with van der Waals surface area (Å²) in [5, 5.41) is 2.59. The quantitative estimate of drug-likeness (QED) is 0.670. The first kappa shape index (κ1) is 18.3. The number of aromatic nitrogens is 3. The Morgan fingerprint density at radius 2 is 1.81 bits per heavy atom. The zero-order valence-corrected chi connectivity index (χ0v) is 14.5. The molecule has 0 aliphatic carbocycles. The van der Waals surface area contributed by atoms with E-state index in [1.54, 1.807) is 18.3 Å². The van der Waals surface area contributed by atoms with Crippen LogP contribution in [0.2, 0.25) is 10.0 Å². The van der Waals surface area contributed by atoms with E-state index in [-0.39, 0.29) is 32.6 Å². The fourth-order valence-corrected chi connectivity index (χ4v) is 2.87. The lowest BCUT2D eigenvalue weighted by Crippen LogP contribution is -2.30. The fourth-order valence-electron chi connectivity index (χ4n) is 2.27. The van der Waals surface area contributed by atoms with Gasteiger partial charge in [-0.15, -0.1) is 0 Å². The maximum Gasteiger partial charge on any atom is 0.471 e. The normalized spacial score (nSPS) is 11.6. The highest BCUT2D eigenvalue weighted by atomic mass is 35.5. The van der Waals surface area contributed by atoms with Crippen molar-refractivity contribution in [1.29, 1.82) is 0 Å². The molecular weight excluding hydrogens is 392 g/mol. The van der Waals surface area contributed by atoms with Crippen molar-refractivity contribution in [2.24, 2.45) is 0 Å². The van der Waals surface area contributed by atoms with Crippen LogP contribution in [0.3, 0.4) is 0 Å². The zero-order chi connectivity index (χ0) is 19.1. The number of aryl methyl sites for hydroxylation is 1. The molecule has 2 heterocycles. The third kappa shape index (κ3) is 3.56. The maximum atomic E-state index is 12.7. The van der Waals surface area contributed by atoms with Gasteiger partial charge in [0, 0.05) is 22.7 Å². The number of pyridine rings is 1. The summed E-state index contributed by atoms with van der Waals surface area (Å²) in [5.74, 6) is -2.14. The molecule has 134 valence electrons. The average molecular weight is 401 g/mol. The van der Waals surface area contributed by atoms with Crippen LogP contribution in [0.15, 0.2) is 30.5 Å². The van der Waals surface area contributed by atoms with E-state index in [9.17, 15) is 18.0 Å². The van der Waals surface area contributed by atoms with Gasteiger partial charge in [-0.05, 0) is 25.1 Å². The molecule has 3 rings (SSSR count). The molecule has 0 spiro atoms. The fraction of sp³-hybridized carbons (Fsp3) is 0.125. The minimum atomic E-state index is -5.08. The van der Waals surface area contributed by atoms with Crippen LogP contribution in [0, 0.1) is 6.92 Å². The summed E-state index contributed by atoms with van der Waals surface area (Å²) in [4.78, 5) is 23.6. The second-order valence-electron chi connectivity index (χ2n) is 5.26. The molecule has 1 N–H and O–H groups in total. The van der Waals surface area contributed by atoms with E-state index in [0.29, 0.717) is 11.2 Å². The number of halogens is 5. The van der Waals surface area contributed by atoms with Crippen LogP contribution in [0.25, 0.3) is 22.2 Å². The van der Waals surface area contributed by atoms with E-state index in [0.717, 1.165) is 0 Å². The predicted molar refractivity (Wildman–Crippen MR) is 92.2 cm³/mol. The number of carbonyl (C=O) groups excluding carboxylic acids is 1. The Labute approximate surface area is 155 Å². The van der Waals surface area contributed by atoms with Gasteiger partial charge in [0.15, 0.2) is 5.65 Å². The van der Waals surface area contributed by atoms with Crippen molar-refractivity contribution >= 4 is 46.0 Å². The summed E-state index contributed by atoms with van der Waals surface area (Å²) in [6.07, 6.45) is -3.62. The Bertz CT molecular complexity index is 1000. The number of alkyl halides is 3. The number of nitrogens with one attached hydrogen (secondary N) is 1. The molecule has 0 unspecified atom stereocenters. The SMILES string of the molecule is Cc1ncc2cc(-c3c(Cl)cccc3Cl)c(NC(=O)C(F)(F)F)nc2n1. The Morgan fingerprint density at radius 3 is 2.42 bits per heavy atom. The molecule has 10 heteroatoms. The van der Waals surface area contributed by atoms with Crippen LogP contribution >= 0.6 is 23.2 Å². The Kier molecular flexibility index (Phi) is 4.72. The molecule has 0 radical (unpaired) electrons. The number of fused-ring (bicyclic) bond motifs is 1. The predicted octanol–water partition coefficient (Wildman–Crippen LogP) is 4.81. The van der Waals surface area contributed by atoms with Crippen molar-refractivity contribution in [1.82, 2.24) is 15.0 Å². The van der Waals surface area contributed by atoms with Crippen molar-refractivity contribution in [2.45, 2.75) is 13.1 Å². The van der Waals surface area contributed by atoms with E-state index < -0.39 is 12.1 Å². The number of anilines is 1. The number of carbonyl (C=O) groups is 1. The first-order chi connectivity index (χ1) is 12.2. The summed E-state index contributed by atoms with van der Waals surface area (Å²) in [5.41, 5.74) is 0.489. The van der Waals surface area contributed by atoms with E-state index in [2.05, 4.69) is 15.0 Å².